The van der Waals surface area contributed by atoms with E-state index in [0.717, 1.165) is 34.9 Å². The first kappa shape index (κ1) is 19.5. The molecule has 2 aromatic carbocycles. The van der Waals surface area contributed by atoms with Crippen molar-refractivity contribution in [3.05, 3.63) is 64.6 Å². The predicted octanol–water partition coefficient (Wildman–Crippen LogP) is 4.04. The van der Waals surface area contributed by atoms with Crippen LogP contribution in [0, 0.1) is 24.4 Å². The van der Waals surface area contributed by atoms with Gasteiger partial charge in [0.05, 0.1) is 18.5 Å². The van der Waals surface area contributed by atoms with E-state index in [9.17, 15) is 27.9 Å². The number of fused-ring (bicyclic) bond motifs is 1. The van der Waals surface area contributed by atoms with Crippen LogP contribution in [-0.4, -0.2) is 28.7 Å². The molecular formula is C20H16F3NO4. The molecule has 1 unspecified atom stereocenters. The van der Waals surface area contributed by atoms with E-state index in [2.05, 4.69) is 0 Å². The van der Waals surface area contributed by atoms with E-state index in [1.807, 2.05) is 0 Å². The molecular weight excluding hydrogens is 375 g/mol. The number of hydrogen-bond acceptors (Lipinski definition) is 4. The molecule has 3 rings (SSSR count). The Bertz CT molecular complexity index is 1120. The highest BCUT2D eigenvalue weighted by Crippen LogP contribution is 2.36. The van der Waals surface area contributed by atoms with Gasteiger partial charge < -0.3 is 9.84 Å². The van der Waals surface area contributed by atoms with Crippen LogP contribution in [0.4, 0.5) is 13.2 Å². The second kappa shape index (κ2) is 7.03. The van der Waals surface area contributed by atoms with E-state index in [-0.39, 0.29) is 22.2 Å². The average Bonchev–Trinajstić information content (AvgIpc) is 2.93. The minimum Gasteiger partial charge on any atom is -0.505 e. The fraction of sp³-hybridized carbons (Fsp3) is 0.200. The Morgan fingerprint density at radius 2 is 1.75 bits per heavy atom. The Morgan fingerprint density at radius 1 is 1.07 bits per heavy atom. The molecule has 1 heterocycles. The number of phenols is 1. The van der Waals surface area contributed by atoms with Gasteiger partial charge in [-0.2, -0.15) is 0 Å². The number of hydrogen-bond donors (Lipinski definition) is 1. The van der Waals surface area contributed by atoms with Crippen molar-refractivity contribution in [2.24, 2.45) is 0 Å². The van der Waals surface area contributed by atoms with Gasteiger partial charge in [0.25, 0.3) is 5.91 Å². The number of ether oxygens (including phenoxy) is 1. The third-order valence-corrected chi connectivity index (χ3v) is 4.68. The van der Waals surface area contributed by atoms with Crippen molar-refractivity contribution in [2.75, 3.05) is 7.11 Å². The molecule has 146 valence electrons. The van der Waals surface area contributed by atoms with Gasteiger partial charge in [-0.05, 0) is 43.7 Å². The summed E-state index contributed by atoms with van der Waals surface area (Å²) in [4.78, 5) is 25.0. The predicted molar refractivity (Wildman–Crippen MR) is 94.8 cm³/mol. The van der Waals surface area contributed by atoms with Gasteiger partial charge in [-0.25, -0.2) is 13.2 Å². The lowest BCUT2D eigenvalue weighted by molar-refractivity contribution is -0.141. The summed E-state index contributed by atoms with van der Waals surface area (Å²) in [6.07, 6.45) is 0. The second-order valence-electron chi connectivity index (χ2n) is 6.33. The van der Waals surface area contributed by atoms with Crippen molar-refractivity contribution in [1.82, 2.24) is 4.57 Å². The number of rotatable bonds is 3. The zero-order chi connectivity index (χ0) is 20.7. The zero-order valence-corrected chi connectivity index (χ0v) is 15.2. The number of halogens is 3. The van der Waals surface area contributed by atoms with E-state index in [0.29, 0.717) is 5.56 Å². The summed E-state index contributed by atoms with van der Waals surface area (Å²) in [5.74, 6) is -6.09. The number of carbonyl (C=O) groups excluding carboxylic acids is 2. The number of esters is 1. The summed E-state index contributed by atoms with van der Waals surface area (Å²) in [5, 5.41) is 10.0. The normalized spacial score (nSPS) is 12.2. The highest BCUT2D eigenvalue weighted by atomic mass is 19.2. The summed E-state index contributed by atoms with van der Waals surface area (Å²) in [7, 11) is 1.21. The van der Waals surface area contributed by atoms with Crippen LogP contribution in [0.25, 0.3) is 10.9 Å². The first-order valence-electron chi connectivity index (χ1n) is 8.28. The highest BCUT2D eigenvalue weighted by Gasteiger charge is 2.28. The van der Waals surface area contributed by atoms with E-state index in [4.69, 9.17) is 4.74 Å². The fourth-order valence-electron chi connectivity index (χ4n) is 3.31. The van der Waals surface area contributed by atoms with Crippen LogP contribution in [0.5, 0.6) is 5.75 Å². The zero-order valence-electron chi connectivity index (χ0n) is 15.2. The maximum atomic E-state index is 14.0. The van der Waals surface area contributed by atoms with Gasteiger partial charge >= 0.3 is 5.97 Å². The molecule has 5 nitrogen and oxygen atoms in total. The number of aromatic nitrogens is 1. The van der Waals surface area contributed by atoms with Gasteiger partial charge in [-0.3, -0.25) is 14.2 Å². The Hall–Kier alpha value is -3.29. The molecule has 0 aliphatic heterocycles. The summed E-state index contributed by atoms with van der Waals surface area (Å²) in [6, 6.07) is 4.72. The number of aromatic hydroxyl groups is 1. The first-order chi connectivity index (χ1) is 13.2. The molecule has 0 aliphatic carbocycles. The first-order valence-corrected chi connectivity index (χ1v) is 8.28. The lowest BCUT2D eigenvalue weighted by atomic mass is 9.98. The fourth-order valence-corrected chi connectivity index (χ4v) is 3.31. The maximum Gasteiger partial charge on any atom is 0.312 e. The molecule has 0 spiro atoms. The van der Waals surface area contributed by atoms with Crippen molar-refractivity contribution >= 4 is 22.8 Å². The second-order valence-corrected chi connectivity index (χ2v) is 6.33. The standard InChI is InChI=1S/C20H16F3NO4/c1-9(20(27)28-3)18-10(2)24(16-8-15(23)17(25)7-12(16)18)19(26)11-4-5-13(21)14(22)6-11/h4-9,25H,1-3H3. The van der Waals surface area contributed by atoms with Crippen LogP contribution >= 0.6 is 0 Å². The molecule has 0 saturated carbocycles. The van der Waals surface area contributed by atoms with Crippen LogP contribution in [0.3, 0.4) is 0 Å². The van der Waals surface area contributed by atoms with Crippen molar-refractivity contribution in [2.45, 2.75) is 19.8 Å². The summed E-state index contributed by atoms with van der Waals surface area (Å²) in [5.41, 5.74) is 0.554. The van der Waals surface area contributed by atoms with Gasteiger partial charge in [0.2, 0.25) is 0 Å². The third kappa shape index (κ3) is 3.00. The van der Waals surface area contributed by atoms with E-state index in [1.165, 1.54) is 14.0 Å². The third-order valence-electron chi connectivity index (χ3n) is 4.68. The molecule has 8 heteroatoms. The van der Waals surface area contributed by atoms with Crippen molar-refractivity contribution in [3.8, 4) is 5.75 Å². The quantitative estimate of drug-likeness (QED) is 0.685. The van der Waals surface area contributed by atoms with Crippen LogP contribution in [0.15, 0.2) is 30.3 Å². The van der Waals surface area contributed by atoms with Gasteiger partial charge in [0.1, 0.15) is 0 Å². The summed E-state index contributed by atoms with van der Waals surface area (Å²) >= 11 is 0. The summed E-state index contributed by atoms with van der Waals surface area (Å²) < 4.78 is 46.6. The van der Waals surface area contributed by atoms with Crippen LogP contribution < -0.4 is 0 Å². The Balaban J connectivity index is 2.31. The lowest BCUT2D eigenvalue weighted by Crippen LogP contribution is -2.16. The minimum absolute atomic E-state index is 0.0771. The molecule has 0 saturated heterocycles. The molecule has 0 radical (unpaired) electrons. The monoisotopic (exact) mass is 391 g/mol. The minimum atomic E-state index is -1.20. The van der Waals surface area contributed by atoms with Crippen LogP contribution in [0.1, 0.15) is 34.5 Å². The molecule has 0 aliphatic rings. The number of methoxy groups -OCH3 is 1. The summed E-state index contributed by atoms with van der Waals surface area (Å²) in [6.45, 7) is 3.07. The van der Waals surface area contributed by atoms with E-state index >= 15 is 0 Å². The molecule has 1 N–H and O–H groups in total. The molecule has 0 bridgehead atoms. The topological polar surface area (TPSA) is 68.5 Å². The van der Waals surface area contributed by atoms with Gasteiger partial charge in [0.15, 0.2) is 23.2 Å². The Kier molecular flexibility index (Phi) is 4.89. The van der Waals surface area contributed by atoms with Crippen molar-refractivity contribution in [3.63, 3.8) is 0 Å². The SMILES string of the molecule is COC(=O)C(C)c1c(C)n(C(=O)c2ccc(F)c(F)c2)c2cc(F)c(O)cc12. The average molecular weight is 391 g/mol. The van der Waals surface area contributed by atoms with E-state index < -0.39 is 41.0 Å². The molecule has 1 aromatic heterocycles. The Morgan fingerprint density at radius 3 is 2.36 bits per heavy atom. The molecule has 3 aromatic rings. The number of nitrogens with zero attached hydrogens (tertiary/aromatic N) is 1. The van der Waals surface area contributed by atoms with Crippen molar-refractivity contribution < 1.29 is 32.6 Å². The number of phenolic OH excluding ortho intramolecular Hbond substituents is 1. The lowest BCUT2D eigenvalue weighted by Gasteiger charge is -2.11. The molecule has 1 atom stereocenters. The molecule has 0 fully saturated rings. The maximum absolute atomic E-state index is 14.0. The van der Waals surface area contributed by atoms with Crippen LogP contribution in [-0.2, 0) is 9.53 Å². The number of benzene rings is 2. The van der Waals surface area contributed by atoms with E-state index in [1.54, 1.807) is 6.92 Å². The van der Waals surface area contributed by atoms with Gasteiger partial charge in [0, 0.05) is 22.7 Å². The Labute approximate surface area is 158 Å². The van der Waals surface area contributed by atoms with Crippen molar-refractivity contribution in [1.29, 1.82) is 0 Å². The molecule has 28 heavy (non-hydrogen) atoms. The molecule has 0 amide bonds. The number of carbonyl (C=O) groups is 2. The largest absolute Gasteiger partial charge is 0.505 e. The smallest absolute Gasteiger partial charge is 0.312 e. The van der Waals surface area contributed by atoms with Gasteiger partial charge in [-0.1, -0.05) is 0 Å². The highest BCUT2D eigenvalue weighted by molar-refractivity contribution is 6.05. The van der Waals surface area contributed by atoms with Gasteiger partial charge in [-0.15, -0.1) is 0 Å². The van der Waals surface area contributed by atoms with Crippen LogP contribution in [0.2, 0.25) is 0 Å².